The Kier molecular flexibility index (Phi) is 10.0. The number of carboxylic acid groups (broad SMARTS) is 2. The first-order chi connectivity index (χ1) is 15.5. The number of nitrogens with zero attached hydrogens (tertiary/aromatic N) is 6. The number of hydrogen-bond donors (Lipinski definition) is 8. The average molecular weight is 450 g/mol. The van der Waals surface area contributed by atoms with Crippen LogP contribution in [0.1, 0.15) is 12.8 Å². The molecule has 174 valence electrons. The Morgan fingerprint density at radius 1 is 0.656 bits per heavy atom. The number of carbonyl (C=O) groups is 2. The van der Waals surface area contributed by atoms with Gasteiger partial charge < -0.3 is 42.5 Å². The van der Waals surface area contributed by atoms with Crippen LogP contribution in [0.15, 0.2) is 6.33 Å². The smallest absolute Gasteiger partial charge is 0.305 e. The Morgan fingerprint density at radius 2 is 1.03 bits per heavy atom. The van der Waals surface area contributed by atoms with Crippen molar-refractivity contribution in [1.29, 1.82) is 0 Å². The third-order valence-corrected chi connectivity index (χ3v) is 3.57. The van der Waals surface area contributed by atoms with E-state index in [1.165, 1.54) is 6.33 Å². The number of carboxylic acids is 2. The van der Waals surface area contributed by atoms with Crippen LogP contribution in [0.25, 0.3) is 0 Å². The molecule has 2 rings (SSSR count). The van der Waals surface area contributed by atoms with Crippen molar-refractivity contribution in [3.8, 4) is 0 Å². The van der Waals surface area contributed by atoms with Gasteiger partial charge >= 0.3 is 11.9 Å². The molecule has 0 aromatic carbocycles. The summed E-state index contributed by atoms with van der Waals surface area (Å²) < 4.78 is 0. The predicted octanol–water partition coefficient (Wildman–Crippen LogP) is -1.28. The van der Waals surface area contributed by atoms with E-state index in [2.05, 4.69) is 56.5 Å². The second-order valence-electron chi connectivity index (χ2n) is 6.15. The molecule has 9 N–H and O–H groups in total. The molecule has 0 atom stereocenters. The number of nitrogens with one attached hydrogen (secondary N) is 5. The molecule has 0 spiro atoms. The minimum Gasteiger partial charge on any atom is -0.481 e. The summed E-state index contributed by atoms with van der Waals surface area (Å²) in [7, 11) is 0. The van der Waals surface area contributed by atoms with E-state index in [0.717, 1.165) is 0 Å². The van der Waals surface area contributed by atoms with Crippen LogP contribution in [0.3, 0.4) is 0 Å². The molecule has 0 amide bonds. The second kappa shape index (κ2) is 13.3. The standard InChI is InChI=1S/C16H26N12O4/c17-3-6-20-15-26-14(19-5-2-11(31)32)27-16(28-15)22-8-7-21-13-24-9-23-12(25-13)18-4-1-10(29)30/h9H,1-8,17H2,(H,29,30)(H,31,32)(H2,18,21,23,24,25)(H3,19,20,22,26,27,28). The number of hydrogen-bond acceptors (Lipinski definition) is 14. The fourth-order valence-electron chi connectivity index (χ4n) is 2.17. The molecule has 0 aliphatic rings. The predicted molar refractivity (Wildman–Crippen MR) is 116 cm³/mol. The van der Waals surface area contributed by atoms with Gasteiger partial charge in [-0.1, -0.05) is 0 Å². The summed E-state index contributed by atoms with van der Waals surface area (Å²) in [5.74, 6) is -0.463. The van der Waals surface area contributed by atoms with Gasteiger partial charge in [-0.2, -0.15) is 19.9 Å². The van der Waals surface area contributed by atoms with Crippen LogP contribution in [0.5, 0.6) is 0 Å². The largest absolute Gasteiger partial charge is 0.481 e. The zero-order valence-corrected chi connectivity index (χ0v) is 17.2. The van der Waals surface area contributed by atoms with E-state index in [0.29, 0.717) is 38.1 Å². The highest BCUT2D eigenvalue weighted by Gasteiger charge is 2.07. The molecule has 0 aliphatic carbocycles. The summed E-state index contributed by atoms with van der Waals surface area (Å²) in [5.41, 5.74) is 5.48. The van der Waals surface area contributed by atoms with E-state index in [-0.39, 0.29) is 43.8 Å². The van der Waals surface area contributed by atoms with E-state index in [1.54, 1.807) is 0 Å². The van der Waals surface area contributed by atoms with Crippen LogP contribution in [0.2, 0.25) is 0 Å². The van der Waals surface area contributed by atoms with Gasteiger partial charge in [-0.25, -0.2) is 9.97 Å². The summed E-state index contributed by atoms with van der Waals surface area (Å²) in [5, 5.41) is 32.0. The van der Waals surface area contributed by atoms with E-state index >= 15 is 0 Å². The molecular formula is C16H26N12O4. The Bertz CT molecular complexity index is 884. The van der Waals surface area contributed by atoms with Crippen LogP contribution in [-0.2, 0) is 9.59 Å². The number of rotatable bonds is 16. The fraction of sp³-hybridized carbons (Fsp3) is 0.500. The molecule has 0 saturated heterocycles. The molecule has 0 unspecified atom stereocenters. The fourth-order valence-corrected chi connectivity index (χ4v) is 2.17. The third-order valence-electron chi connectivity index (χ3n) is 3.57. The summed E-state index contributed by atoms with van der Waals surface area (Å²) in [6.07, 6.45) is 1.17. The van der Waals surface area contributed by atoms with Gasteiger partial charge in [0.2, 0.25) is 29.7 Å². The molecule has 2 aromatic heterocycles. The summed E-state index contributed by atoms with van der Waals surface area (Å²) >= 11 is 0. The van der Waals surface area contributed by atoms with Gasteiger partial charge in [-0.15, -0.1) is 0 Å². The lowest BCUT2D eigenvalue weighted by molar-refractivity contribution is -0.137. The normalized spacial score (nSPS) is 10.3. The summed E-state index contributed by atoms with van der Waals surface area (Å²) in [6, 6.07) is 0. The molecule has 16 heteroatoms. The van der Waals surface area contributed by atoms with Crippen molar-refractivity contribution < 1.29 is 19.8 Å². The van der Waals surface area contributed by atoms with Crippen LogP contribution in [-0.4, -0.2) is 91.3 Å². The first-order valence-corrected chi connectivity index (χ1v) is 9.74. The third kappa shape index (κ3) is 9.61. The van der Waals surface area contributed by atoms with Crippen LogP contribution < -0.4 is 32.3 Å². The van der Waals surface area contributed by atoms with Crippen molar-refractivity contribution in [2.75, 3.05) is 65.9 Å². The number of nitrogens with two attached hydrogens (primary N) is 1. The Morgan fingerprint density at radius 3 is 1.50 bits per heavy atom. The highest BCUT2D eigenvalue weighted by molar-refractivity contribution is 5.67. The van der Waals surface area contributed by atoms with Gasteiger partial charge in [0.15, 0.2) is 0 Å². The van der Waals surface area contributed by atoms with Gasteiger partial charge in [-0.05, 0) is 0 Å². The van der Waals surface area contributed by atoms with E-state index in [4.69, 9.17) is 15.9 Å². The van der Waals surface area contributed by atoms with E-state index in [1.807, 2.05) is 0 Å². The van der Waals surface area contributed by atoms with Gasteiger partial charge in [-0.3, -0.25) is 9.59 Å². The second-order valence-corrected chi connectivity index (χ2v) is 6.15. The maximum atomic E-state index is 10.7. The van der Waals surface area contributed by atoms with Crippen LogP contribution in [0, 0.1) is 0 Å². The average Bonchev–Trinajstić information content (AvgIpc) is 2.75. The molecule has 0 bridgehead atoms. The number of aromatic nitrogens is 6. The molecule has 16 nitrogen and oxygen atoms in total. The first-order valence-electron chi connectivity index (χ1n) is 9.74. The van der Waals surface area contributed by atoms with Crippen molar-refractivity contribution >= 4 is 41.7 Å². The topological polar surface area (TPSA) is 238 Å². The monoisotopic (exact) mass is 450 g/mol. The zero-order chi connectivity index (χ0) is 23.2. The Balaban J connectivity index is 1.86. The maximum absolute atomic E-state index is 10.7. The quantitative estimate of drug-likeness (QED) is 0.139. The van der Waals surface area contributed by atoms with Gasteiger partial charge in [0, 0.05) is 39.3 Å². The summed E-state index contributed by atoms with van der Waals surface area (Å²) in [6.45, 7) is 2.03. The number of aliphatic carboxylic acids is 2. The molecular weight excluding hydrogens is 424 g/mol. The zero-order valence-electron chi connectivity index (χ0n) is 17.2. The molecule has 32 heavy (non-hydrogen) atoms. The lowest BCUT2D eigenvalue weighted by atomic mass is 10.4. The Hall–Kier alpha value is -4.08. The minimum absolute atomic E-state index is 0.0560. The van der Waals surface area contributed by atoms with Gasteiger partial charge in [0.25, 0.3) is 0 Å². The van der Waals surface area contributed by atoms with Crippen molar-refractivity contribution in [1.82, 2.24) is 29.9 Å². The van der Waals surface area contributed by atoms with E-state index < -0.39 is 11.9 Å². The van der Waals surface area contributed by atoms with Gasteiger partial charge in [0.1, 0.15) is 6.33 Å². The molecule has 2 aromatic rings. The lowest BCUT2D eigenvalue weighted by Crippen LogP contribution is -2.20. The molecule has 0 radical (unpaired) electrons. The van der Waals surface area contributed by atoms with Crippen LogP contribution in [0.4, 0.5) is 29.7 Å². The SMILES string of the molecule is NCCNc1nc(NCCNc2ncnc(NCCC(=O)O)n2)nc(NCCC(=O)O)n1. The summed E-state index contributed by atoms with van der Waals surface area (Å²) in [4.78, 5) is 45.9. The van der Waals surface area contributed by atoms with Crippen molar-refractivity contribution in [2.24, 2.45) is 5.73 Å². The first kappa shape index (κ1) is 24.2. The van der Waals surface area contributed by atoms with Crippen molar-refractivity contribution in [3.63, 3.8) is 0 Å². The highest BCUT2D eigenvalue weighted by Crippen LogP contribution is 2.09. The van der Waals surface area contributed by atoms with Crippen molar-refractivity contribution in [2.45, 2.75) is 12.8 Å². The molecule has 0 saturated carbocycles. The highest BCUT2D eigenvalue weighted by atomic mass is 16.4. The van der Waals surface area contributed by atoms with Crippen LogP contribution >= 0.6 is 0 Å². The van der Waals surface area contributed by atoms with Crippen molar-refractivity contribution in [3.05, 3.63) is 6.33 Å². The number of anilines is 5. The van der Waals surface area contributed by atoms with E-state index in [9.17, 15) is 9.59 Å². The Labute approximate surface area is 182 Å². The molecule has 0 aliphatic heterocycles. The maximum Gasteiger partial charge on any atom is 0.305 e. The lowest BCUT2D eigenvalue weighted by Gasteiger charge is -2.11. The minimum atomic E-state index is -0.934. The molecule has 2 heterocycles. The molecule has 0 fully saturated rings. The van der Waals surface area contributed by atoms with Gasteiger partial charge in [0.05, 0.1) is 12.8 Å².